The van der Waals surface area contributed by atoms with Crippen LogP contribution in [0.3, 0.4) is 0 Å². The minimum absolute atomic E-state index is 0. The first-order valence-electron chi connectivity index (χ1n) is 9.80. The summed E-state index contributed by atoms with van der Waals surface area (Å²) >= 11 is 0. The molecule has 2 aromatic rings. The predicted molar refractivity (Wildman–Crippen MR) is 119 cm³/mol. The van der Waals surface area contributed by atoms with Gasteiger partial charge in [-0.05, 0) is 99.2 Å². The molecule has 0 radical (unpaired) electrons. The van der Waals surface area contributed by atoms with E-state index in [0.29, 0.717) is 0 Å². The van der Waals surface area contributed by atoms with Gasteiger partial charge in [0.05, 0.1) is 0 Å². The van der Waals surface area contributed by atoms with Crippen molar-refractivity contribution in [3.63, 3.8) is 0 Å². The summed E-state index contributed by atoms with van der Waals surface area (Å²) in [6, 6.07) is 9.12. The number of allylic oxidation sites excluding steroid dienone is 2. The highest BCUT2D eigenvalue weighted by Crippen LogP contribution is 2.31. The molecule has 1 heterocycles. The lowest BCUT2D eigenvalue weighted by Gasteiger charge is -2.14. The average molecular weight is 395 g/mol. The monoisotopic (exact) mass is 394 g/mol. The lowest BCUT2D eigenvalue weighted by molar-refractivity contribution is -0.425. The Morgan fingerprint density at radius 2 is 1.25 bits per heavy atom. The molecule has 3 rings (SSSR count). The fourth-order valence-corrected chi connectivity index (χ4v) is 4.30. The summed E-state index contributed by atoms with van der Waals surface area (Å²) in [6.45, 7) is 15.0. The summed E-state index contributed by atoms with van der Waals surface area (Å²) in [6.07, 6.45) is 10.8. The molecule has 0 unspecified atom stereocenters. The lowest BCUT2D eigenvalue weighted by Crippen LogP contribution is -3.00. The Kier molecular flexibility index (Phi) is 7.26. The fraction of sp³-hybridized carbons (Fsp3) is 0.320. The van der Waals surface area contributed by atoms with Crippen molar-refractivity contribution in [3.8, 4) is 0 Å². The van der Waals surface area contributed by atoms with Crippen molar-refractivity contribution in [2.75, 3.05) is 18.0 Å². The van der Waals surface area contributed by atoms with Gasteiger partial charge >= 0.3 is 0 Å². The molecule has 0 aromatic heterocycles. The quantitative estimate of drug-likeness (QED) is 0.722. The second-order valence-electron chi connectivity index (χ2n) is 7.51. The van der Waals surface area contributed by atoms with Gasteiger partial charge in [-0.3, -0.25) is 0 Å². The third-order valence-electron chi connectivity index (χ3n) is 5.18. The summed E-state index contributed by atoms with van der Waals surface area (Å²) in [7, 11) is 0. The smallest absolute Gasteiger partial charge is 0.244 e. The molecule has 2 nitrogen and oxygen atoms in total. The third kappa shape index (κ3) is 4.39. The topological polar surface area (TPSA) is 6.25 Å². The maximum Gasteiger partial charge on any atom is 0.244 e. The van der Waals surface area contributed by atoms with Crippen LogP contribution in [0.5, 0.6) is 0 Å². The van der Waals surface area contributed by atoms with Gasteiger partial charge in [-0.25, -0.2) is 9.48 Å². The van der Waals surface area contributed by atoms with Gasteiger partial charge in [-0.1, -0.05) is 24.3 Å². The molecule has 1 aliphatic heterocycles. The van der Waals surface area contributed by atoms with Crippen LogP contribution in [0.1, 0.15) is 47.2 Å². The van der Waals surface area contributed by atoms with Crippen molar-refractivity contribution in [1.29, 1.82) is 0 Å². The normalized spacial score (nSPS) is 14.1. The highest BCUT2D eigenvalue weighted by atomic mass is 35.5. The Labute approximate surface area is 176 Å². The van der Waals surface area contributed by atoms with Gasteiger partial charge < -0.3 is 12.4 Å². The van der Waals surface area contributed by atoms with Crippen LogP contribution >= 0.6 is 0 Å². The Balaban J connectivity index is 0.00000280. The van der Waals surface area contributed by atoms with Gasteiger partial charge in [0, 0.05) is 0 Å². The molecule has 0 amide bonds. The molecule has 2 aromatic carbocycles. The van der Waals surface area contributed by atoms with Gasteiger partial charge in [0.1, 0.15) is 24.5 Å². The zero-order valence-corrected chi connectivity index (χ0v) is 18.6. The summed E-state index contributed by atoms with van der Waals surface area (Å²) in [5.74, 6) is 0. The fourth-order valence-electron chi connectivity index (χ4n) is 4.30. The number of aryl methyl sites for hydroxylation is 4. The molecule has 0 saturated carbocycles. The van der Waals surface area contributed by atoms with Gasteiger partial charge in [0.25, 0.3) is 0 Å². The van der Waals surface area contributed by atoms with Gasteiger partial charge in [-0.15, -0.1) is 0 Å². The molecule has 0 atom stereocenters. The summed E-state index contributed by atoms with van der Waals surface area (Å²) in [5.41, 5.74) is 10.6. The first-order valence-corrected chi connectivity index (χ1v) is 9.80. The molecular weight excluding hydrogens is 364 g/mol. The second kappa shape index (κ2) is 9.25. The molecule has 0 aliphatic carbocycles. The highest BCUT2D eigenvalue weighted by molar-refractivity contribution is 5.82. The van der Waals surface area contributed by atoms with Crippen LogP contribution in [0.15, 0.2) is 36.4 Å². The molecule has 0 fully saturated rings. The molecule has 0 spiro atoms. The first-order chi connectivity index (χ1) is 12.9. The van der Waals surface area contributed by atoms with Gasteiger partial charge in [0.15, 0.2) is 0 Å². The van der Waals surface area contributed by atoms with E-state index in [-0.39, 0.29) is 12.4 Å². The van der Waals surface area contributed by atoms with E-state index in [4.69, 9.17) is 0 Å². The number of hydrogen-bond acceptors (Lipinski definition) is 1. The maximum absolute atomic E-state index is 2.41. The highest BCUT2D eigenvalue weighted by Gasteiger charge is 2.27. The van der Waals surface area contributed by atoms with E-state index in [9.17, 15) is 0 Å². The van der Waals surface area contributed by atoms with E-state index in [1.807, 2.05) is 0 Å². The largest absolute Gasteiger partial charge is 1.00 e. The molecule has 0 saturated heterocycles. The van der Waals surface area contributed by atoms with Gasteiger partial charge in [0.2, 0.25) is 6.34 Å². The summed E-state index contributed by atoms with van der Waals surface area (Å²) in [5, 5.41) is 0. The average Bonchev–Trinajstić information content (AvgIpc) is 3.03. The SMILES string of the molecule is C/C=C/c1cc(C)c(N2C=[N+](c3c(C)cc(/C=C/C)cc3C)CC2)c(C)c1.[Cl-]. The van der Waals surface area contributed by atoms with E-state index in [0.717, 1.165) is 13.1 Å². The van der Waals surface area contributed by atoms with Crippen LogP contribution < -0.4 is 17.3 Å². The number of nitrogens with zero attached hydrogens (tertiary/aromatic N) is 2. The van der Waals surface area contributed by atoms with E-state index in [1.54, 1.807) is 0 Å². The number of benzene rings is 2. The van der Waals surface area contributed by atoms with Crippen LogP contribution in [0, 0.1) is 27.7 Å². The van der Waals surface area contributed by atoms with E-state index in [2.05, 4.69) is 106 Å². The maximum atomic E-state index is 2.41. The molecule has 1 aliphatic rings. The van der Waals surface area contributed by atoms with Gasteiger partial charge in [-0.2, -0.15) is 0 Å². The van der Waals surface area contributed by atoms with Crippen LogP contribution in [0.2, 0.25) is 0 Å². The zero-order valence-electron chi connectivity index (χ0n) is 17.9. The van der Waals surface area contributed by atoms with Crippen LogP contribution in [-0.4, -0.2) is 24.0 Å². The number of rotatable bonds is 4. The molecule has 148 valence electrons. The van der Waals surface area contributed by atoms with Crippen molar-refractivity contribution >= 4 is 29.9 Å². The van der Waals surface area contributed by atoms with Crippen LogP contribution in [-0.2, 0) is 0 Å². The molecule has 28 heavy (non-hydrogen) atoms. The van der Waals surface area contributed by atoms with Crippen molar-refractivity contribution < 1.29 is 17.0 Å². The number of anilines is 1. The van der Waals surface area contributed by atoms with E-state index < -0.39 is 0 Å². The molecule has 0 N–H and O–H groups in total. The first kappa shape index (κ1) is 22.0. The third-order valence-corrected chi connectivity index (χ3v) is 5.18. The van der Waals surface area contributed by atoms with Crippen molar-refractivity contribution in [2.24, 2.45) is 0 Å². The zero-order chi connectivity index (χ0) is 19.6. The van der Waals surface area contributed by atoms with Crippen LogP contribution in [0.4, 0.5) is 11.4 Å². The Hall–Kier alpha value is -2.32. The van der Waals surface area contributed by atoms with Crippen molar-refractivity contribution in [2.45, 2.75) is 41.5 Å². The van der Waals surface area contributed by atoms with Crippen molar-refractivity contribution in [1.82, 2.24) is 0 Å². The van der Waals surface area contributed by atoms with Crippen LogP contribution in [0.25, 0.3) is 12.2 Å². The number of halogens is 1. The lowest BCUT2D eigenvalue weighted by atomic mass is 10.0. The molecule has 3 heteroatoms. The minimum Gasteiger partial charge on any atom is -1.00 e. The predicted octanol–water partition coefficient (Wildman–Crippen LogP) is 3.18. The van der Waals surface area contributed by atoms with Crippen molar-refractivity contribution in [3.05, 3.63) is 69.8 Å². The second-order valence-corrected chi connectivity index (χ2v) is 7.51. The molecular formula is C25H31ClN2. The minimum atomic E-state index is 0. The summed E-state index contributed by atoms with van der Waals surface area (Å²) in [4.78, 5) is 2.41. The Bertz CT molecular complexity index is 905. The Morgan fingerprint density at radius 3 is 1.71 bits per heavy atom. The summed E-state index contributed by atoms with van der Waals surface area (Å²) < 4.78 is 2.41. The Morgan fingerprint density at radius 1 is 0.786 bits per heavy atom. The standard InChI is InChI=1S/C25H31N2.ClH/c1-7-9-22-13-18(3)24(19(4)14-22)26-11-12-27(17-26)25-20(5)15-23(10-8-2)16-21(25)6;/h7-10,13-17H,11-12H2,1-6H3;1H/q+1;/p-1/b9-7+,10-8+;. The van der Waals surface area contributed by atoms with E-state index >= 15 is 0 Å². The molecule has 0 bridgehead atoms. The number of hydrogen-bond donors (Lipinski definition) is 0. The van der Waals surface area contributed by atoms with E-state index in [1.165, 1.54) is 44.8 Å².